The van der Waals surface area contributed by atoms with Crippen LogP contribution in [0.3, 0.4) is 0 Å². The topological polar surface area (TPSA) is 117 Å². The number of hydrogen-bond donors (Lipinski definition) is 3. The van der Waals surface area contributed by atoms with Crippen molar-refractivity contribution in [3.05, 3.63) is 17.9 Å². The van der Waals surface area contributed by atoms with Crippen LogP contribution in [-0.4, -0.2) is 37.2 Å². The highest BCUT2D eigenvalue weighted by atomic mass is 32.2. The van der Waals surface area contributed by atoms with Gasteiger partial charge in [-0.1, -0.05) is 6.42 Å². The second-order valence-corrected chi connectivity index (χ2v) is 6.66. The predicted molar refractivity (Wildman–Crippen MR) is 68.8 cm³/mol. The highest BCUT2D eigenvalue weighted by Crippen LogP contribution is 2.24. The fourth-order valence-corrected chi connectivity index (χ4v) is 3.37. The molecule has 2 atom stereocenters. The van der Waals surface area contributed by atoms with E-state index in [2.05, 4.69) is 4.72 Å². The van der Waals surface area contributed by atoms with Gasteiger partial charge in [0.25, 0.3) is 10.0 Å². The molecule has 112 valence electrons. The van der Waals surface area contributed by atoms with Gasteiger partial charge in [-0.2, -0.15) is 0 Å². The van der Waals surface area contributed by atoms with Gasteiger partial charge in [-0.05, 0) is 37.3 Å². The van der Waals surface area contributed by atoms with Crippen LogP contribution in [0.4, 0.5) is 0 Å². The van der Waals surface area contributed by atoms with E-state index in [1.807, 2.05) is 0 Å². The molecular weight excluding hydrogens is 286 g/mol. The van der Waals surface area contributed by atoms with E-state index in [9.17, 15) is 18.3 Å². The number of furan rings is 1. The lowest BCUT2D eigenvalue weighted by Gasteiger charge is -2.25. The summed E-state index contributed by atoms with van der Waals surface area (Å²) in [5.41, 5.74) is 0. The van der Waals surface area contributed by atoms with E-state index in [0.717, 1.165) is 31.4 Å². The van der Waals surface area contributed by atoms with Gasteiger partial charge in [-0.15, -0.1) is 0 Å². The first-order valence-corrected chi connectivity index (χ1v) is 7.87. The van der Waals surface area contributed by atoms with Crippen LogP contribution in [0.5, 0.6) is 0 Å². The highest BCUT2D eigenvalue weighted by molar-refractivity contribution is 7.89. The molecule has 20 heavy (non-hydrogen) atoms. The number of carboxylic acids is 1. The smallest absolute Gasteiger partial charge is 0.371 e. The third kappa shape index (κ3) is 3.59. The van der Waals surface area contributed by atoms with E-state index in [4.69, 9.17) is 9.52 Å². The molecule has 2 unspecified atom stereocenters. The first-order chi connectivity index (χ1) is 9.38. The molecule has 1 heterocycles. The quantitative estimate of drug-likeness (QED) is 0.741. The van der Waals surface area contributed by atoms with Crippen LogP contribution in [0.1, 0.15) is 36.2 Å². The van der Waals surface area contributed by atoms with Crippen molar-refractivity contribution >= 4 is 16.0 Å². The average molecular weight is 303 g/mol. The second kappa shape index (κ2) is 5.94. The van der Waals surface area contributed by atoms with Crippen LogP contribution in [0, 0.1) is 5.92 Å². The van der Waals surface area contributed by atoms with Gasteiger partial charge >= 0.3 is 5.97 Å². The number of aliphatic hydroxyl groups is 1. The first kappa shape index (κ1) is 15.0. The highest BCUT2D eigenvalue weighted by Gasteiger charge is 2.25. The van der Waals surface area contributed by atoms with E-state index in [-0.39, 0.29) is 18.6 Å². The fraction of sp³-hybridized carbons (Fsp3) is 0.583. The SMILES string of the molecule is O=C(O)c1ccc(S(=O)(=O)NCC2CCCC(O)C2)o1. The van der Waals surface area contributed by atoms with Gasteiger partial charge in [0.2, 0.25) is 10.9 Å². The molecule has 2 rings (SSSR count). The molecule has 0 saturated heterocycles. The average Bonchev–Trinajstić information content (AvgIpc) is 2.87. The van der Waals surface area contributed by atoms with Gasteiger partial charge in [0.1, 0.15) is 0 Å². The maximum atomic E-state index is 11.9. The standard InChI is InChI=1S/C12H17NO6S/c14-9-3-1-2-8(6-9)7-13-20(17,18)11-5-4-10(19-11)12(15)16/h4-5,8-9,13-14H,1-3,6-7H2,(H,15,16). The van der Waals surface area contributed by atoms with Crippen molar-refractivity contribution in [3.63, 3.8) is 0 Å². The summed E-state index contributed by atoms with van der Waals surface area (Å²) < 4.78 is 31.0. The Balaban J connectivity index is 1.98. The molecule has 0 bridgehead atoms. The Morgan fingerprint density at radius 1 is 1.40 bits per heavy atom. The number of hydrogen-bond acceptors (Lipinski definition) is 5. The molecule has 1 aliphatic carbocycles. The maximum absolute atomic E-state index is 11.9. The lowest BCUT2D eigenvalue weighted by atomic mass is 9.87. The Labute approximate surface area is 116 Å². The number of nitrogens with one attached hydrogen (secondary N) is 1. The Kier molecular flexibility index (Phi) is 4.46. The van der Waals surface area contributed by atoms with Crippen molar-refractivity contribution in [2.24, 2.45) is 5.92 Å². The zero-order chi connectivity index (χ0) is 14.8. The summed E-state index contributed by atoms with van der Waals surface area (Å²) in [6.45, 7) is 0.211. The largest absolute Gasteiger partial charge is 0.475 e. The molecule has 0 aromatic carbocycles. The zero-order valence-electron chi connectivity index (χ0n) is 10.8. The minimum absolute atomic E-state index is 0.0856. The lowest BCUT2D eigenvalue weighted by molar-refractivity contribution is 0.0656. The molecular formula is C12H17NO6S. The molecule has 1 aliphatic rings. The lowest BCUT2D eigenvalue weighted by Crippen LogP contribution is -2.32. The van der Waals surface area contributed by atoms with Gasteiger partial charge in [0, 0.05) is 6.54 Å². The normalized spacial score (nSPS) is 23.6. The molecule has 0 radical (unpaired) electrons. The van der Waals surface area contributed by atoms with Crippen LogP contribution < -0.4 is 4.72 Å². The summed E-state index contributed by atoms with van der Waals surface area (Å²) in [6, 6.07) is 2.21. The van der Waals surface area contributed by atoms with Crippen molar-refractivity contribution < 1.29 is 27.8 Å². The second-order valence-electron chi connectivity index (χ2n) is 4.96. The fourth-order valence-electron chi connectivity index (χ4n) is 2.33. The summed E-state index contributed by atoms with van der Waals surface area (Å²) in [7, 11) is -3.85. The van der Waals surface area contributed by atoms with Crippen molar-refractivity contribution in [2.75, 3.05) is 6.54 Å². The molecule has 7 nitrogen and oxygen atoms in total. The monoisotopic (exact) mass is 303 g/mol. The Morgan fingerprint density at radius 2 is 2.15 bits per heavy atom. The molecule has 1 saturated carbocycles. The summed E-state index contributed by atoms with van der Waals surface area (Å²) in [5.74, 6) is -1.65. The van der Waals surface area contributed by atoms with Crippen molar-refractivity contribution in [1.82, 2.24) is 4.72 Å². The van der Waals surface area contributed by atoms with Crippen LogP contribution in [-0.2, 0) is 10.0 Å². The number of carboxylic acid groups (broad SMARTS) is 1. The van der Waals surface area contributed by atoms with Crippen molar-refractivity contribution in [2.45, 2.75) is 36.9 Å². The van der Waals surface area contributed by atoms with Gasteiger partial charge < -0.3 is 14.6 Å². The van der Waals surface area contributed by atoms with Crippen molar-refractivity contribution in [3.8, 4) is 0 Å². The van der Waals surface area contributed by atoms with Crippen LogP contribution >= 0.6 is 0 Å². The van der Waals surface area contributed by atoms with Crippen LogP contribution in [0.25, 0.3) is 0 Å². The van der Waals surface area contributed by atoms with Gasteiger partial charge in [-0.3, -0.25) is 0 Å². The molecule has 0 amide bonds. The number of rotatable bonds is 5. The Bertz CT molecular complexity index is 579. The third-order valence-electron chi connectivity index (χ3n) is 3.37. The van der Waals surface area contributed by atoms with Gasteiger partial charge in [-0.25, -0.2) is 17.9 Å². The summed E-state index contributed by atoms with van der Waals surface area (Å²) in [6.07, 6.45) is 2.68. The minimum Gasteiger partial charge on any atom is -0.475 e. The molecule has 1 aromatic heterocycles. The predicted octanol–water partition coefficient (Wildman–Crippen LogP) is 0.807. The van der Waals surface area contributed by atoms with Crippen molar-refractivity contribution in [1.29, 1.82) is 0 Å². The number of aromatic carboxylic acids is 1. The van der Waals surface area contributed by atoms with E-state index < -0.39 is 26.8 Å². The van der Waals surface area contributed by atoms with E-state index in [0.29, 0.717) is 6.42 Å². The zero-order valence-corrected chi connectivity index (χ0v) is 11.6. The van der Waals surface area contributed by atoms with E-state index >= 15 is 0 Å². The molecule has 0 spiro atoms. The van der Waals surface area contributed by atoms with E-state index in [1.54, 1.807) is 0 Å². The minimum atomic E-state index is -3.85. The maximum Gasteiger partial charge on any atom is 0.371 e. The molecule has 1 fully saturated rings. The molecule has 3 N–H and O–H groups in total. The number of sulfonamides is 1. The number of carbonyl (C=O) groups is 1. The summed E-state index contributed by atoms with van der Waals surface area (Å²) in [5, 5.41) is 17.8. The Hall–Kier alpha value is -1.38. The summed E-state index contributed by atoms with van der Waals surface area (Å²) in [4.78, 5) is 10.6. The molecule has 0 aliphatic heterocycles. The third-order valence-corrected chi connectivity index (χ3v) is 4.67. The summed E-state index contributed by atoms with van der Waals surface area (Å²) >= 11 is 0. The first-order valence-electron chi connectivity index (χ1n) is 6.39. The van der Waals surface area contributed by atoms with Crippen LogP contribution in [0.15, 0.2) is 21.6 Å². The number of aliphatic hydroxyl groups excluding tert-OH is 1. The molecule has 1 aromatic rings. The van der Waals surface area contributed by atoms with Crippen LogP contribution in [0.2, 0.25) is 0 Å². The molecule has 8 heteroatoms. The van der Waals surface area contributed by atoms with E-state index in [1.165, 1.54) is 0 Å². The Morgan fingerprint density at radius 3 is 2.75 bits per heavy atom. The van der Waals surface area contributed by atoms with Gasteiger partial charge in [0.15, 0.2) is 0 Å². The van der Waals surface area contributed by atoms with Gasteiger partial charge in [0.05, 0.1) is 6.10 Å².